The van der Waals surface area contributed by atoms with Gasteiger partial charge in [0.25, 0.3) is 0 Å². The van der Waals surface area contributed by atoms with Gasteiger partial charge in [0, 0.05) is 5.92 Å². The maximum absolute atomic E-state index is 11.4. The summed E-state index contributed by atoms with van der Waals surface area (Å²) >= 11 is 0. The Kier molecular flexibility index (Phi) is 2.88. The summed E-state index contributed by atoms with van der Waals surface area (Å²) < 4.78 is 22.8. The van der Waals surface area contributed by atoms with Crippen molar-refractivity contribution in [3.8, 4) is 0 Å². The Balaban J connectivity index is 3.14. The lowest BCUT2D eigenvalue weighted by molar-refractivity contribution is 0.102. The predicted molar refractivity (Wildman–Crippen MR) is 25.1 cm³/mol. The smallest absolute Gasteiger partial charge is 0.210 e. The van der Waals surface area contributed by atoms with Gasteiger partial charge >= 0.3 is 0 Å². The summed E-state index contributed by atoms with van der Waals surface area (Å²) in [6, 6.07) is 0. The van der Waals surface area contributed by atoms with Crippen LogP contribution in [0.4, 0.5) is 8.78 Å². The van der Waals surface area contributed by atoms with Gasteiger partial charge in [0.1, 0.15) is 0 Å². The molecule has 0 aliphatic heterocycles. The second-order valence-electron chi connectivity index (χ2n) is 1.53. The molecule has 0 nitrogen and oxygen atoms in total. The van der Waals surface area contributed by atoms with Crippen LogP contribution in [0.2, 0.25) is 0 Å². The van der Waals surface area contributed by atoms with Crippen molar-refractivity contribution < 1.29 is 8.78 Å². The molecule has 0 saturated carbocycles. The molecule has 7 heavy (non-hydrogen) atoms. The summed E-state index contributed by atoms with van der Waals surface area (Å²) in [7, 11) is 0. The van der Waals surface area contributed by atoms with Crippen LogP contribution >= 0.6 is 0 Å². The lowest BCUT2D eigenvalue weighted by Gasteiger charge is -2.02. The molecule has 0 aromatic rings. The zero-order chi connectivity index (χ0) is 5.86. The van der Waals surface area contributed by atoms with E-state index in [1.54, 1.807) is 6.92 Å². The molecular formula is C5H9F2. The number of hydrogen-bond acceptors (Lipinski definition) is 0. The molecular weight excluding hydrogens is 98.1 g/mol. The molecule has 0 heterocycles. The third-order valence-corrected chi connectivity index (χ3v) is 0.923. The number of hydrogen-bond donors (Lipinski definition) is 0. The normalized spacial score (nSPS) is 15.0. The molecule has 2 heteroatoms. The van der Waals surface area contributed by atoms with Gasteiger partial charge in [-0.2, -0.15) is 0 Å². The minimum atomic E-state index is -2.19. The Hall–Kier alpha value is -0.140. The zero-order valence-electron chi connectivity index (χ0n) is 4.49. The van der Waals surface area contributed by atoms with E-state index in [-0.39, 0.29) is 0 Å². The Morgan fingerprint density at radius 2 is 1.86 bits per heavy atom. The highest BCUT2D eigenvalue weighted by atomic mass is 19.3. The summed E-state index contributed by atoms with van der Waals surface area (Å²) in [5.41, 5.74) is 0. The minimum Gasteiger partial charge on any atom is -0.210 e. The van der Waals surface area contributed by atoms with Crippen molar-refractivity contribution in [1.82, 2.24) is 0 Å². The van der Waals surface area contributed by atoms with Gasteiger partial charge in [-0.3, -0.25) is 0 Å². The number of halogens is 2. The highest BCUT2D eigenvalue weighted by Gasteiger charge is 2.10. The molecule has 0 N–H and O–H groups in total. The zero-order valence-corrected chi connectivity index (χ0v) is 4.49. The molecule has 0 fully saturated rings. The summed E-state index contributed by atoms with van der Waals surface area (Å²) in [4.78, 5) is 0. The van der Waals surface area contributed by atoms with Gasteiger partial charge in [0.2, 0.25) is 6.43 Å². The topological polar surface area (TPSA) is 0 Å². The van der Waals surface area contributed by atoms with Crippen molar-refractivity contribution in [2.24, 2.45) is 5.92 Å². The predicted octanol–water partition coefficient (Wildman–Crippen LogP) is 2.11. The summed E-state index contributed by atoms with van der Waals surface area (Å²) in [5, 5.41) is 0. The molecule has 0 saturated heterocycles. The second kappa shape index (κ2) is 2.94. The van der Waals surface area contributed by atoms with E-state index >= 15 is 0 Å². The van der Waals surface area contributed by atoms with Crippen molar-refractivity contribution in [3.05, 3.63) is 6.42 Å². The molecule has 1 atom stereocenters. The van der Waals surface area contributed by atoms with Crippen LogP contribution in [0.25, 0.3) is 0 Å². The highest BCUT2D eigenvalue weighted by molar-refractivity contribution is 4.67. The third kappa shape index (κ3) is 2.54. The van der Waals surface area contributed by atoms with Crippen LogP contribution in [0.15, 0.2) is 0 Å². The van der Waals surface area contributed by atoms with E-state index in [0.717, 1.165) is 0 Å². The van der Waals surface area contributed by atoms with Gasteiger partial charge in [0.05, 0.1) is 0 Å². The maximum atomic E-state index is 11.4. The van der Waals surface area contributed by atoms with Crippen molar-refractivity contribution in [1.29, 1.82) is 0 Å². The van der Waals surface area contributed by atoms with E-state index in [2.05, 4.69) is 0 Å². The lowest BCUT2D eigenvalue weighted by Crippen LogP contribution is -2.04. The van der Waals surface area contributed by atoms with E-state index in [0.29, 0.717) is 0 Å². The molecule has 0 aliphatic carbocycles. The Morgan fingerprint density at radius 3 is 1.86 bits per heavy atom. The molecule has 1 unspecified atom stereocenters. The van der Waals surface area contributed by atoms with Crippen LogP contribution in [-0.4, -0.2) is 6.43 Å². The average Bonchev–Trinajstić information content (AvgIpc) is 1.65. The van der Waals surface area contributed by atoms with Gasteiger partial charge in [-0.25, -0.2) is 8.78 Å². The minimum absolute atomic E-state index is 0.556. The standard InChI is InChI=1S/C5H9F2/c1-3-4(2)5(6)7/h3-5H,1-2H3. The number of alkyl halides is 2. The summed E-state index contributed by atoms with van der Waals surface area (Å²) in [6.45, 7) is 3.13. The van der Waals surface area contributed by atoms with Crippen LogP contribution in [0.3, 0.4) is 0 Å². The van der Waals surface area contributed by atoms with E-state index < -0.39 is 12.3 Å². The third-order valence-electron chi connectivity index (χ3n) is 0.923. The summed E-state index contributed by atoms with van der Waals surface area (Å²) in [6.07, 6.45) is -0.699. The fourth-order valence-electron chi connectivity index (χ4n) is 0.145. The monoisotopic (exact) mass is 107 g/mol. The van der Waals surface area contributed by atoms with E-state index in [1.165, 1.54) is 13.3 Å². The first-order chi connectivity index (χ1) is 3.18. The second-order valence-corrected chi connectivity index (χ2v) is 1.53. The molecule has 0 aliphatic rings. The molecule has 43 valence electrons. The van der Waals surface area contributed by atoms with Crippen molar-refractivity contribution in [2.75, 3.05) is 0 Å². The van der Waals surface area contributed by atoms with Crippen LogP contribution in [0.5, 0.6) is 0 Å². The van der Waals surface area contributed by atoms with E-state index in [9.17, 15) is 8.78 Å². The first-order valence-electron chi connectivity index (χ1n) is 2.26. The van der Waals surface area contributed by atoms with Gasteiger partial charge in [0.15, 0.2) is 0 Å². The highest BCUT2D eigenvalue weighted by Crippen LogP contribution is 2.09. The first-order valence-corrected chi connectivity index (χ1v) is 2.26. The van der Waals surface area contributed by atoms with Crippen molar-refractivity contribution >= 4 is 0 Å². The van der Waals surface area contributed by atoms with Gasteiger partial charge in [-0.05, 0) is 6.42 Å². The van der Waals surface area contributed by atoms with Crippen LogP contribution in [-0.2, 0) is 0 Å². The van der Waals surface area contributed by atoms with E-state index in [4.69, 9.17) is 0 Å². The lowest BCUT2D eigenvalue weighted by atomic mass is 10.1. The Morgan fingerprint density at radius 1 is 1.43 bits per heavy atom. The molecule has 0 aromatic heterocycles. The largest absolute Gasteiger partial charge is 0.241 e. The quantitative estimate of drug-likeness (QED) is 0.507. The van der Waals surface area contributed by atoms with Crippen LogP contribution in [0, 0.1) is 12.3 Å². The number of rotatable bonds is 2. The molecule has 0 spiro atoms. The van der Waals surface area contributed by atoms with Crippen LogP contribution in [0.1, 0.15) is 13.8 Å². The Labute approximate surface area is 42.5 Å². The van der Waals surface area contributed by atoms with E-state index in [1.807, 2.05) is 0 Å². The first kappa shape index (κ1) is 6.86. The fourth-order valence-corrected chi connectivity index (χ4v) is 0.145. The van der Waals surface area contributed by atoms with Crippen molar-refractivity contribution in [3.63, 3.8) is 0 Å². The molecule has 0 amide bonds. The van der Waals surface area contributed by atoms with Gasteiger partial charge < -0.3 is 0 Å². The molecule has 0 bridgehead atoms. The maximum Gasteiger partial charge on any atom is 0.241 e. The van der Waals surface area contributed by atoms with Crippen LogP contribution < -0.4 is 0 Å². The molecule has 0 rings (SSSR count). The molecule has 1 radical (unpaired) electrons. The van der Waals surface area contributed by atoms with Gasteiger partial charge in [-0.15, -0.1) is 0 Å². The van der Waals surface area contributed by atoms with Crippen molar-refractivity contribution in [2.45, 2.75) is 20.3 Å². The SMILES string of the molecule is C[CH]C(C)C(F)F. The Bertz CT molecular complexity index is 43.3. The average molecular weight is 107 g/mol. The molecule has 0 aromatic carbocycles. The fraction of sp³-hybridized carbons (Fsp3) is 0.800. The summed E-state index contributed by atoms with van der Waals surface area (Å²) in [5.74, 6) is -0.556. The van der Waals surface area contributed by atoms with Gasteiger partial charge in [-0.1, -0.05) is 13.8 Å².